The molecule has 0 spiro atoms. The number of unbranched alkanes of at least 4 members (excludes halogenated alkanes) is 2. The molecule has 0 bridgehead atoms. The molecule has 38 heavy (non-hydrogen) atoms. The van der Waals surface area contributed by atoms with Crippen molar-refractivity contribution in [3.8, 4) is 0 Å². The van der Waals surface area contributed by atoms with Crippen molar-refractivity contribution in [2.24, 2.45) is 0 Å². The number of rotatable bonds is 28. The van der Waals surface area contributed by atoms with Crippen LogP contribution in [0.2, 0.25) is 0 Å². The minimum Gasteiger partial charge on any atom is -0.388 e. The van der Waals surface area contributed by atoms with Gasteiger partial charge in [0.2, 0.25) is 0 Å². The highest BCUT2D eigenvalue weighted by Crippen LogP contribution is 2.49. The van der Waals surface area contributed by atoms with Crippen LogP contribution in [0.1, 0.15) is 79.1 Å². The van der Waals surface area contributed by atoms with E-state index in [1.807, 2.05) is 13.8 Å². The topological polar surface area (TPSA) is 153 Å². The maximum absolute atomic E-state index is 12.4. The van der Waals surface area contributed by atoms with Gasteiger partial charge in [-0.2, -0.15) is 0 Å². The maximum Gasteiger partial charge on any atom is 0.330 e. The van der Waals surface area contributed by atoms with E-state index in [2.05, 4.69) is 12.0 Å². The van der Waals surface area contributed by atoms with Gasteiger partial charge in [0, 0.05) is 18.8 Å². The van der Waals surface area contributed by atoms with Crippen LogP contribution in [0, 0.1) is 0 Å². The van der Waals surface area contributed by atoms with E-state index in [0.29, 0.717) is 65.4 Å². The average molecular weight is 592 g/mol. The molecule has 0 saturated carbocycles. The van der Waals surface area contributed by atoms with Gasteiger partial charge in [-0.25, -0.2) is 5.09 Å². The lowest BCUT2D eigenvalue weighted by molar-refractivity contribution is -0.0252. The standard InChI is InChI=1S/C25H55NO10P2/c1-5-8-11-23(4)38(30,31)36-22-24(27)21-35-20-19-34-18-17-33-16-15-32-14-10-13-26-37(28,29)25(7-3)12-9-6-2/h23-25,27H,5-22H2,1-4H3,(H,30,31)(H2,26,28,29). The van der Waals surface area contributed by atoms with E-state index in [1.54, 1.807) is 6.92 Å². The molecule has 0 aliphatic heterocycles. The van der Waals surface area contributed by atoms with Crippen molar-refractivity contribution >= 4 is 15.1 Å². The van der Waals surface area contributed by atoms with Crippen LogP contribution >= 0.6 is 15.1 Å². The van der Waals surface area contributed by atoms with Gasteiger partial charge < -0.3 is 38.4 Å². The van der Waals surface area contributed by atoms with Gasteiger partial charge >= 0.3 is 7.60 Å². The van der Waals surface area contributed by atoms with Gasteiger partial charge in [0.25, 0.3) is 7.52 Å². The van der Waals surface area contributed by atoms with Gasteiger partial charge in [-0.1, -0.05) is 53.4 Å². The highest BCUT2D eigenvalue weighted by Gasteiger charge is 2.29. The first kappa shape index (κ1) is 38.1. The summed E-state index contributed by atoms with van der Waals surface area (Å²) in [5.74, 6) is 0. The first-order chi connectivity index (χ1) is 18.1. The minimum atomic E-state index is -3.74. The van der Waals surface area contributed by atoms with Crippen molar-refractivity contribution in [2.75, 3.05) is 66.0 Å². The van der Waals surface area contributed by atoms with Gasteiger partial charge in [-0.3, -0.25) is 9.13 Å². The second-order valence-electron chi connectivity index (χ2n) is 9.51. The minimum absolute atomic E-state index is 0.00996. The molecule has 5 unspecified atom stereocenters. The quantitative estimate of drug-likeness (QED) is 0.0760. The van der Waals surface area contributed by atoms with Crippen LogP contribution in [0.25, 0.3) is 0 Å². The highest BCUT2D eigenvalue weighted by atomic mass is 31.2. The summed E-state index contributed by atoms with van der Waals surface area (Å²) in [4.78, 5) is 20.2. The Morgan fingerprint density at radius 3 is 1.82 bits per heavy atom. The molecule has 0 heterocycles. The van der Waals surface area contributed by atoms with Crippen LogP contribution in [0.5, 0.6) is 0 Å². The van der Waals surface area contributed by atoms with E-state index in [0.717, 1.165) is 32.1 Å². The molecule has 13 heteroatoms. The Morgan fingerprint density at radius 1 is 0.737 bits per heavy atom. The Labute approximate surface area is 230 Å². The number of nitrogens with one attached hydrogen (secondary N) is 1. The molecule has 11 nitrogen and oxygen atoms in total. The van der Waals surface area contributed by atoms with E-state index in [-0.39, 0.29) is 25.5 Å². The predicted octanol–water partition coefficient (Wildman–Crippen LogP) is 4.33. The normalized spacial score (nSPS) is 17.6. The zero-order valence-electron chi connectivity index (χ0n) is 24.1. The molecule has 0 aromatic carbocycles. The zero-order chi connectivity index (χ0) is 28.7. The van der Waals surface area contributed by atoms with Crippen molar-refractivity contribution in [1.82, 2.24) is 5.09 Å². The third kappa shape index (κ3) is 20.0. The lowest BCUT2D eigenvalue weighted by atomic mass is 10.2. The monoisotopic (exact) mass is 591 g/mol. The van der Waals surface area contributed by atoms with Crippen LogP contribution in [0.15, 0.2) is 0 Å². The van der Waals surface area contributed by atoms with E-state index in [9.17, 15) is 24.0 Å². The Morgan fingerprint density at radius 2 is 1.26 bits per heavy atom. The van der Waals surface area contributed by atoms with Crippen molar-refractivity contribution < 1.29 is 47.5 Å². The molecule has 0 radical (unpaired) electrons. The SMILES string of the molecule is CCCCC(CC)P(=O)(O)NCCCOCCOCCOCCOCC(O)COP(=O)(O)C(C)CCCC. The van der Waals surface area contributed by atoms with E-state index < -0.39 is 26.9 Å². The molecule has 230 valence electrons. The summed E-state index contributed by atoms with van der Waals surface area (Å²) in [5, 5.41) is 12.7. The second-order valence-corrected chi connectivity index (χ2v) is 14.1. The Hall–Kier alpha value is 0.1000. The van der Waals surface area contributed by atoms with E-state index >= 15 is 0 Å². The molecule has 0 rings (SSSR count). The van der Waals surface area contributed by atoms with Crippen molar-refractivity contribution in [2.45, 2.75) is 96.5 Å². The molecular formula is C25H55NO10P2. The number of aliphatic hydroxyl groups is 1. The molecule has 0 aromatic heterocycles. The number of hydrogen-bond donors (Lipinski definition) is 4. The maximum atomic E-state index is 12.4. The largest absolute Gasteiger partial charge is 0.388 e. The summed E-state index contributed by atoms with van der Waals surface area (Å²) >= 11 is 0. The summed E-state index contributed by atoms with van der Waals surface area (Å²) in [6, 6.07) is 0. The number of aliphatic hydroxyl groups excluding tert-OH is 1. The molecule has 0 fully saturated rings. The zero-order valence-corrected chi connectivity index (χ0v) is 25.8. The summed E-state index contributed by atoms with van der Waals surface area (Å²) < 4.78 is 51.3. The van der Waals surface area contributed by atoms with Crippen molar-refractivity contribution in [3.05, 3.63) is 0 Å². The number of ether oxygens (including phenoxy) is 4. The van der Waals surface area contributed by atoms with Gasteiger partial charge in [-0.05, 0) is 25.7 Å². The summed E-state index contributed by atoms with van der Waals surface area (Å²) in [6.07, 6.45) is 5.52. The van der Waals surface area contributed by atoms with Gasteiger partial charge in [0.05, 0.1) is 58.5 Å². The third-order valence-electron chi connectivity index (χ3n) is 6.07. The van der Waals surface area contributed by atoms with Crippen LogP contribution < -0.4 is 5.09 Å². The van der Waals surface area contributed by atoms with Crippen LogP contribution in [-0.4, -0.2) is 98.3 Å². The predicted molar refractivity (Wildman–Crippen MR) is 150 cm³/mol. The molecule has 0 aromatic rings. The fourth-order valence-corrected chi connectivity index (χ4v) is 6.43. The molecule has 5 atom stereocenters. The van der Waals surface area contributed by atoms with Gasteiger partial charge in [-0.15, -0.1) is 0 Å². The Balaban J connectivity index is 3.57. The Bertz CT molecular complexity index is 643. The average Bonchev–Trinajstić information content (AvgIpc) is 2.88. The molecule has 0 amide bonds. The highest BCUT2D eigenvalue weighted by molar-refractivity contribution is 7.56. The summed E-state index contributed by atoms with van der Waals surface area (Å²) in [5.41, 5.74) is -0.642. The van der Waals surface area contributed by atoms with Crippen molar-refractivity contribution in [3.63, 3.8) is 0 Å². The first-order valence-corrected chi connectivity index (χ1v) is 17.5. The fourth-order valence-electron chi connectivity index (χ4n) is 3.52. The van der Waals surface area contributed by atoms with E-state index in [1.165, 1.54) is 0 Å². The van der Waals surface area contributed by atoms with Gasteiger partial charge in [0.15, 0.2) is 0 Å². The van der Waals surface area contributed by atoms with Crippen LogP contribution in [-0.2, 0) is 32.6 Å². The molecule has 0 aliphatic carbocycles. The first-order valence-electron chi connectivity index (χ1n) is 14.1. The lowest BCUT2D eigenvalue weighted by Gasteiger charge is -2.22. The van der Waals surface area contributed by atoms with Crippen molar-refractivity contribution in [1.29, 1.82) is 0 Å². The van der Waals surface area contributed by atoms with E-state index in [4.69, 9.17) is 23.5 Å². The van der Waals surface area contributed by atoms with Crippen LogP contribution in [0.4, 0.5) is 0 Å². The van der Waals surface area contributed by atoms with Crippen LogP contribution in [0.3, 0.4) is 0 Å². The number of hydrogen-bond acceptors (Lipinski definition) is 8. The summed E-state index contributed by atoms with van der Waals surface area (Å²) in [7, 11) is -7.07. The molecular weight excluding hydrogens is 536 g/mol. The molecule has 4 N–H and O–H groups in total. The Kier molecular flexibility index (Phi) is 23.8. The smallest absolute Gasteiger partial charge is 0.330 e. The molecule has 0 saturated heterocycles. The second kappa shape index (κ2) is 23.8. The van der Waals surface area contributed by atoms with Gasteiger partial charge in [0.1, 0.15) is 6.10 Å². The fraction of sp³-hybridized carbons (Fsp3) is 1.00. The lowest BCUT2D eigenvalue weighted by Crippen LogP contribution is -2.23. The summed E-state index contributed by atoms with van der Waals surface area (Å²) in [6.45, 7) is 10.7. The third-order valence-corrected chi connectivity index (χ3v) is 10.3. The molecule has 0 aliphatic rings.